The van der Waals surface area contributed by atoms with E-state index in [1.54, 1.807) is 32.4 Å². The first-order valence-electron chi connectivity index (χ1n) is 7.25. The Morgan fingerprint density at radius 1 is 1.09 bits per heavy atom. The molecule has 1 N–H and O–H groups in total. The lowest BCUT2D eigenvalue weighted by molar-refractivity contribution is 0.0696. The van der Waals surface area contributed by atoms with Crippen molar-refractivity contribution < 1.29 is 19.4 Å². The van der Waals surface area contributed by atoms with Crippen LogP contribution >= 0.6 is 0 Å². The molecule has 2 rings (SSSR count). The van der Waals surface area contributed by atoms with Gasteiger partial charge in [0.25, 0.3) is 0 Å². The molecule has 5 nitrogen and oxygen atoms in total. The Bertz CT molecular complexity index is 684. The van der Waals surface area contributed by atoms with Crippen LogP contribution in [0.2, 0.25) is 0 Å². The van der Waals surface area contributed by atoms with Crippen LogP contribution in [0.3, 0.4) is 0 Å². The molecule has 5 heteroatoms. The average molecular weight is 315 g/mol. The van der Waals surface area contributed by atoms with Crippen molar-refractivity contribution in [3.8, 4) is 11.5 Å². The van der Waals surface area contributed by atoms with E-state index in [2.05, 4.69) is 4.90 Å². The second-order valence-corrected chi connectivity index (χ2v) is 5.36. The lowest BCUT2D eigenvalue weighted by atomic mass is 10.1. The molecule has 0 atom stereocenters. The minimum Gasteiger partial charge on any atom is -0.497 e. The third kappa shape index (κ3) is 4.47. The molecule has 122 valence electrons. The maximum atomic E-state index is 11.0. The van der Waals surface area contributed by atoms with Gasteiger partial charge in [-0.2, -0.15) is 0 Å². The zero-order valence-corrected chi connectivity index (χ0v) is 13.6. The first-order chi connectivity index (χ1) is 11.0. The Kier molecular flexibility index (Phi) is 5.60. The number of hydrogen-bond donors (Lipinski definition) is 1. The Morgan fingerprint density at radius 2 is 1.87 bits per heavy atom. The molecule has 0 saturated heterocycles. The minimum atomic E-state index is -0.911. The summed E-state index contributed by atoms with van der Waals surface area (Å²) in [7, 11) is 5.24. The quantitative estimate of drug-likeness (QED) is 0.851. The fraction of sp³-hybridized carbons (Fsp3) is 0.278. The summed E-state index contributed by atoms with van der Waals surface area (Å²) < 4.78 is 10.6. The number of carboxylic acids is 1. The van der Waals surface area contributed by atoms with Crippen LogP contribution < -0.4 is 9.47 Å². The normalized spacial score (nSPS) is 10.6. The van der Waals surface area contributed by atoms with Crippen LogP contribution in [0, 0.1) is 0 Å². The number of benzene rings is 2. The van der Waals surface area contributed by atoms with Gasteiger partial charge < -0.3 is 14.6 Å². The number of nitrogens with zero attached hydrogens (tertiary/aromatic N) is 1. The van der Waals surface area contributed by atoms with Crippen LogP contribution in [0.1, 0.15) is 21.5 Å². The second-order valence-electron chi connectivity index (χ2n) is 5.36. The summed E-state index contributed by atoms with van der Waals surface area (Å²) in [5.74, 6) is 0.615. The molecule has 23 heavy (non-hydrogen) atoms. The molecule has 0 bridgehead atoms. The second kappa shape index (κ2) is 7.65. The third-order valence-corrected chi connectivity index (χ3v) is 3.56. The van der Waals surface area contributed by atoms with E-state index in [4.69, 9.17) is 14.6 Å². The highest BCUT2D eigenvalue weighted by Gasteiger charge is 2.10. The lowest BCUT2D eigenvalue weighted by Gasteiger charge is -2.19. The van der Waals surface area contributed by atoms with Crippen LogP contribution in [0.15, 0.2) is 42.5 Å². The maximum Gasteiger partial charge on any atom is 0.335 e. The molecular weight excluding hydrogens is 294 g/mol. The standard InChI is InChI=1S/C18H21NO4/c1-19(11-13-5-4-6-14(9-13)18(20)21)12-15-7-8-16(22-2)10-17(15)23-3/h4-10H,11-12H2,1-3H3,(H,20,21). The van der Waals surface area contributed by atoms with Crippen LogP contribution in [-0.4, -0.2) is 37.2 Å². The Labute approximate surface area is 136 Å². The number of carboxylic acid groups (broad SMARTS) is 1. The summed E-state index contributed by atoms with van der Waals surface area (Å²) in [4.78, 5) is 13.1. The predicted octanol–water partition coefficient (Wildman–Crippen LogP) is 3.03. The summed E-state index contributed by atoms with van der Waals surface area (Å²) >= 11 is 0. The fourth-order valence-electron chi connectivity index (χ4n) is 2.44. The molecule has 2 aromatic rings. The van der Waals surface area contributed by atoms with Gasteiger partial charge in [0.1, 0.15) is 11.5 Å². The highest BCUT2D eigenvalue weighted by Crippen LogP contribution is 2.25. The van der Waals surface area contributed by atoms with Crippen molar-refractivity contribution in [2.24, 2.45) is 0 Å². The molecule has 0 unspecified atom stereocenters. The minimum absolute atomic E-state index is 0.304. The van der Waals surface area contributed by atoms with Gasteiger partial charge in [-0.05, 0) is 30.8 Å². The third-order valence-electron chi connectivity index (χ3n) is 3.56. The predicted molar refractivity (Wildman–Crippen MR) is 88.1 cm³/mol. The molecule has 0 aromatic heterocycles. The van der Waals surface area contributed by atoms with E-state index in [1.165, 1.54) is 0 Å². The number of methoxy groups -OCH3 is 2. The van der Waals surface area contributed by atoms with E-state index in [9.17, 15) is 4.79 Å². The summed E-state index contributed by atoms with van der Waals surface area (Å²) in [6, 6.07) is 12.7. The van der Waals surface area contributed by atoms with Gasteiger partial charge in [0.15, 0.2) is 0 Å². The lowest BCUT2D eigenvalue weighted by Crippen LogP contribution is -2.18. The van der Waals surface area contributed by atoms with Crippen molar-refractivity contribution in [1.29, 1.82) is 0 Å². The first-order valence-corrected chi connectivity index (χ1v) is 7.25. The topological polar surface area (TPSA) is 59.0 Å². The van der Waals surface area contributed by atoms with Gasteiger partial charge in [-0.25, -0.2) is 4.79 Å². The van der Waals surface area contributed by atoms with Crippen molar-refractivity contribution in [3.05, 3.63) is 59.2 Å². The number of carbonyl (C=O) groups is 1. The largest absolute Gasteiger partial charge is 0.497 e. The van der Waals surface area contributed by atoms with Gasteiger partial charge in [0.05, 0.1) is 19.8 Å². The highest BCUT2D eigenvalue weighted by atomic mass is 16.5. The summed E-state index contributed by atoms with van der Waals surface area (Å²) in [6.45, 7) is 1.33. The molecule has 0 spiro atoms. The van der Waals surface area contributed by atoms with E-state index in [0.29, 0.717) is 18.7 Å². The van der Waals surface area contributed by atoms with Gasteiger partial charge in [-0.1, -0.05) is 18.2 Å². The van der Waals surface area contributed by atoms with Gasteiger partial charge in [-0.15, -0.1) is 0 Å². The zero-order valence-electron chi connectivity index (χ0n) is 13.6. The average Bonchev–Trinajstić information content (AvgIpc) is 2.55. The number of ether oxygens (including phenoxy) is 2. The van der Waals surface area contributed by atoms with Crippen molar-refractivity contribution in [2.45, 2.75) is 13.1 Å². The summed E-state index contributed by atoms with van der Waals surface area (Å²) in [5.41, 5.74) is 2.31. The molecule has 0 saturated carbocycles. The van der Waals surface area contributed by atoms with Crippen molar-refractivity contribution in [2.75, 3.05) is 21.3 Å². The number of hydrogen-bond acceptors (Lipinski definition) is 4. The molecule has 0 amide bonds. The SMILES string of the molecule is COc1ccc(CN(C)Cc2cccc(C(=O)O)c2)c(OC)c1. The molecule has 0 fully saturated rings. The van der Waals surface area contributed by atoms with Crippen LogP contribution in [0.4, 0.5) is 0 Å². The van der Waals surface area contributed by atoms with E-state index >= 15 is 0 Å². The van der Waals surface area contributed by atoms with Crippen molar-refractivity contribution in [1.82, 2.24) is 4.90 Å². The molecule has 0 aliphatic heterocycles. The van der Waals surface area contributed by atoms with E-state index < -0.39 is 5.97 Å². The van der Waals surface area contributed by atoms with Gasteiger partial charge in [-0.3, -0.25) is 4.90 Å². The monoisotopic (exact) mass is 315 g/mol. The van der Waals surface area contributed by atoms with Gasteiger partial charge in [0.2, 0.25) is 0 Å². The number of aromatic carboxylic acids is 1. The van der Waals surface area contributed by atoms with Crippen molar-refractivity contribution in [3.63, 3.8) is 0 Å². The summed E-state index contributed by atoms with van der Waals surface area (Å²) in [6.07, 6.45) is 0. The van der Waals surface area contributed by atoms with Crippen LogP contribution in [0.5, 0.6) is 11.5 Å². The van der Waals surface area contributed by atoms with E-state index in [0.717, 1.165) is 22.6 Å². The Hall–Kier alpha value is -2.53. The Morgan fingerprint density at radius 3 is 2.52 bits per heavy atom. The fourth-order valence-corrected chi connectivity index (χ4v) is 2.44. The number of rotatable bonds is 7. The van der Waals surface area contributed by atoms with Crippen molar-refractivity contribution >= 4 is 5.97 Å². The first kappa shape index (κ1) is 16.8. The van der Waals surface area contributed by atoms with E-state index in [1.807, 2.05) is 31.3 Å². The Balaban J connectivity index is 2.09. The summed E-state index contributed by atoms with van der Waals surface area (Å²) in [5, 5.41) is 9.05. The molecule has 0 aliphatic carbocycles. The molecular formula is C18H21NO4. The van der Waals surface area contributed by atoms with Gasteiger partial charge in [0, 0.05) is 24.7 Å². The molecule has 0 aliphatic rings. The highest BCUT2D eigenvalue weighted by molar-refractivity contribution is 5.87. The molecule has 2 aromatic carbocycles. The van der Waals surface area contributed by atoms with Gasteiger partial charge >= 0.3 is 5.97 Å². The van der Waals surface area contributed by atoms with E-state index in [-0.39, 0.29) is 0 Å². The smallest absolute Gasteiger partial charge is 0.335 e. The molecule has 0 heterocycles. The molecule has 0 radical (unpaired) electrons. The maximum absolute atomic E-state index is 11.0. The zero-order chi connectivity index (χ0) is 16.8. The van der Waals surface area contributed by atoms with Crippen LogP contribution in [0.25, 0.3) is 0 Å². The van der Waals surface area contributed by atoms with Crippen LogP contribution in [-0.2, 0) is 13.1 Å².